The Balaban J connectivity index is 1.55. The Hall–Kier alpha value is -3.84. The highest BCUT2D eigenvalue weighted by atomic mass is 16.7. The molecule has 2 saturated heterocycles. The number of imide groups is 1. The maximum atomic E-state index is 13.6. The lowest BCUT2D eigenvalue weighted by Gasteiger charge is -2.28. The van der Waals surface area contributed by atoms with E-state index < -0.39 is 18.1 Å². The van der Waals surface area contributed by atoms with E-state index in [1.165, 1.54) is 4.90 Å². The van der Waals surface area contributed by atoms with Gasteiger partial charge in [0.05, 0.1) is 31.6 Å². The highest BCUT2D eigenvalue weighted by Crippen LogP contribution is 2.47. The fourth-order valence-corrected chi connectivity index (χ4v) is 4.34. The summed E-state index contributed by atoms with van der Waals surface area (Å²) in [5.74, 6) is 0.0181. The van der Waals surface area contributed by atoms with E-state index in [9.17, 15) is 9.59 Å². The molecular formula is C25H22N2O5. The van der Waals surface area contributed by atoms with E-state index in [2.05, 4.69) is 0 Å². The smallest absolute Gasteiger partial charge is 0.266 e. The summed E-state index contributed by atoms with van der Waals surface area (Å²) in [6.07, 6.45) is -0.906. The molecule has 2 heterocycles. The van der Waals surface area contributed by atoms with Crippen LogP contribution in [0.2, 0.25) is 0 Å². The first-order valence-electron chi connectivity index (χ1n) is 10.3. The van der Waals surface area contributed by atoms with Gasteiger partial charge in [-0.25, -0.2) is 9.96 Å². The molecule has 0 N–H and O–H groups in total. The molecule has 0 unspecified atom stereocenters. The van der Waals surface area contributed by atoms with Gasteiger partial charge in [0.1, 0.15) is 17.4 Å². The van der Waals surface area contributed by atoms with Gasteiger partial charge >= 0.3 is 0 Å². The predicted molar refractivity (Wildman–Crippen MR) is 119 cm³/mol. The Morgan fingerprint density at radius 3 is 1.91 bits per heavy atom. The number of fused-ring (bicyclic) bond motifs is 1. The van der Waals surface area contributed by atoms with Gasteiger partial charge in [-0.1, -0.05) is 30.3 Å². The number of nitrogens with zero attached hydrogens (tertiary/aromatic N) is 2. The van der Waals surface area contributed by atoms with Crippen molar-refractivity contribution in [3.05, 3.63) is 84.4 Å². The zero-order chi connectivity index (χ0) is 22.2. The molecule has 2 aliphatic rings. The van der Waals surface area contributed by atoms with Gasteiger partial charge in [-0.05, 0) is 54.1 Å². The van der Waals surface area contributed by atoms with Crippen molar-refractivity contribution in [1.82, 2.24) is 0 Å². The number of para-hydroxylation sites is 1. The first-order valence-corrected chi connectivity index (χ1v) is 10.3. The van der Waals surface area contributed by atoms with Crippen molar-refractivity contribution in [1.29, 1.82) is 0 Å². The van der Waals surface area contributed by atoms with Crippen molar-refractivity contribution in [3.8, 4) is 11.5 Å². The van der Waals surface area contributed by atoms with Crippen LogP contribution in [0.15, 0.2) is 78.9 Å². The number of carbonyl (C=O) groups excluding carboxylic acids is 2. The Bertz CT molecular complexity index is 1130. The molecule has 0 aromatic heterocycles. The van der Waals surface area contributed by atoms with E-state index in [-0.39, 0.29) is 11.8 Å². The largest absolute Gasteiger partial charge is 0.497 e. The van der Waals surface area contributed by atoms with Crippen molar-refractivity contribution < 1.29 is 23.9 Å². The van der Waals surface area contributed by atoms with Gasteiger partial charge in [0.15, 0.2) is 6.10 Å². The van der Waals surface area contributed by atoms with Crippen molar-refractivity contribution >= 4 is 23.2 Å². The lowest BCUT2D eigenvalue weighted by atomic mass is 9.90. The zero-order valence-electron chi connectivity index (χ0n) is 17.7. The van der Waals surface area contributed by atoms with Crippen LogP contribution in [0.5, 0.6) is 11.5 Å². The third-order valence-electron chi connectivity index (χ3n) is 5.91. The van der Waals surface area contributed by atoms with Crippen LogP contribution in [-0.4, -0.2) is 32.1 Å². The standard InChI is InChI=1S/C25H22N2O5/c1-30-19-12-8-16(9-13-19)22-21-23(32-27(22)18-6-4-3-5-7-18)25(29)26(24(21)28)17-10-14-20(31-2)15-11-17/h3-15,21-23H,1-2H3/t21-,22+,23+/m1/s1. The predicted octanol–water partition coefficient (Wildman–Crippen LogP) is 3.75. The lowest BCUT2D eigenvalue weighted by Crippen LogP contribution is -2.37. The molecule has 7 heteroatoms. The van der Waals surface area contributed by atoms with E-state index in [1.54, 1.807) is 43.5 Å². The summed E-state index contributed by atoms with van der Waals surface area (Å²) in [6, 6.07) is 23.4. The topological polar surface area (TPSA) is 68.3 Å². The van der Waals surface area contributed by atoms with Gasteiger partial charge in [-0.2, -0.15) is 0 Å². The zero-order valence-corrected chi connectivity index (χ0v) is 17.7. The molecular weight excluding hydrogens is 408 g/mol. The third kappa shape index (κ3) is 3.18. The quantitative estimate of drug-likeness (QED) is 0.575. The summed E-state index contributed by atoms with van der Waals surface area (Å²) in [4.78, 5) is 34.2. The number of anilines is 2. The normalized spacial score (nSPS) is 22.2. The molecule has 2 amide bonds. The van der Waals surface area contributed by atoms with Crippen LogP contribution in [0, 0.1) is 5.92 Å². The molecule has 2 fully saturated rings. The number of carbonyl (C=O) groups is 2. The number of ether oxygens (including phenoxy) is 2. The van der Waals surface area contributed by atoms with Crippen LogP contribution < -0.4 is 19.4 Å². The molecule has 0 radical (unpaired) electrons. The summed E-state index contributed by atoms with van der Waals surface area (Å²) >= 11 is 0. The van der Waals surface area contributed by atoms with Crippen LogP contribution in [0.25, 0.3) is 0 Å². The van der Waals surface area contributed by atoms with Crippen molar-refractivity contribution in [2.24, 2.45) is 5.92 Å². The van der Waals surface area contributed by atoms with Gasteiger partial charge in [-0.15, -0.1) is 0 Å². The van der Waals surface area contributed by atoms with Crippen LogP contribution in [0.3, 0.4) is 0 Å². The second-order valence-corrected chi connectivity index (χ2v) is 7.64. The molecule has 3 aromatic carbocycles. The van der Waals surface area contributed by atoms with E-state index >= 15 is 0 Å². The minimum Gasteiger partial charge on any atom is -0.497 e. The molecule has 7 nitrogen and oxygen atoms in total. The Morgan fingerprint density at radius 1 is 0.719 bits per heavy atom. The summed E-state index contributed by atoms with van der Waals surface area (Å²) in [7, 11) is 3.17. The number of hydrogen-bond acceptors (Lipinski definition) is 6. The number of hydrogen-bond donors (Lipinski definition) is 0. The van der Waals surface area contributed by atoms with Gasteiger partial charge in [0.25, 0.3) is 5.91 Å². The van der Waals surface area contributed by atoms with Gasteiger partial charge in [0.2, 0.25) is 5.91 Å². The lowest BCUT2D eigenvalue weighted by molar-refractivity contribution is -0.126. The van der Waals surface area contributed by atoms with Crippen LogP contribution in [0.4, 0.5) is 11.4 Å². The van der Waals surface area contributed by atoms with Crippen LogP contribution in [0.1, 0.15) is 11.6 Å². The first kappa shape index (κ1) is 20.1. The van der Waals surface area contributed by atoms with E-state index in [0.717, 1.165) is 11.3 Å². The monoisotopic (exact) mass is 430 g/mol. The Labute approximate surface area is 185 Å². The highest BCUT2D eigenvalue weighted by Gasteiger charge is 2.60. The van der Waals surface area contributed by atoms with Crippen molar-refractivity contribution in [3.63, 3.8) is 0 Å². The molecule has 2 aliphatic heterocycles. The average molecular weight is 430 g/mol. The van der Waals surface area contributed by atoms with E-state index in [1.807, 2.05) is 54.6 Å². The van der Waals surface area contributed by atoms with Gasteiger partial charge in [-0.3, -0.25) is 14.4 Å². The number of rotatable bonds is 5. The van der Waals surface area contributed by atoms with Crippen LogP contribution in [-0.2, 0) is 14.4 Å². The number of methoxy groups -OCH3 is 2. The number of hydroxylamine groups is 1. The Morgan fingerprint density at radius 2 is 1.31 bits per heavy atom. The highest BCUT2D eigenvalue weighted by molar-refractivity contribution is 6.23. The molecule has 0 saturated carbocycles. The maximum absolute atomic E-state index is 13.6. The van der Waals surface area contributed by atoms with Gasteiger partial charge < -0.3 is 9.47 Å². The molecule has 162 valence electrons. The Kier molecular flexibility index (Phi) is 5.03. The fourth-order valence-electron chi connectivity index (χ4n) is 4.34. The third-order valence-corrected chi connectivity index (χ3v) is 5.91. The summed E-state index contributed by atoms with van der Waals surface area (Å²) in [6.45, 7) is 0. The number of amides is 2. The van der Waals surface area contributed by atoms with Gasteiger partial charge in [0, 0.05) is 0 Å². The molecule has 0 bridgehead atoms. The molecule has 32 heavy (non-hydrogen) atoms. The minimum absolute atomic E-state index is 0.288. The number of benzene rings is 3. The molecule has 3 atom stereocenters. The molecule has 0 aliphatic carbocycles. The summed E-state index contributed by atoms with van der Waals surface area (Å²) in [5.41, 5.74) is 2.14. The average Bonchev–Trinajstić information content (AvgIpc) is 3.36. The summed E-state index contributed by atoms with van der Waals surface area (Å²) in [5, 5.41) is 1.68. The van der Waals surface area contributed by atoms with Crippen molar-refractivity contribution in [2.45, 2.75) is 12.1 Å². The fraction of sp³-hybridized carbons (Fsp3) is 0.200. The van der Waals surface area contributed by atoms with E-state index in [4.69, 9.17) is 14.3 Å². The molecule has 3 aromatic rings. The molecule has 5 rings (SSSR count). The SMILES string of the molecule is COc1ccc([C@H]2[C@H]3C(=O)N(c4ccc(OC)cc4)C(=O)[C@H]3ON2c2ccccc2)cc1. The second kappa shape index (κ2) is 8.01. The van der Waals surface area contributed by atoms with E-state index in [0.29, 0.717) is 17.2 Å². The first-order chi connectivity index (χ1) is 15.6. The van der Waals surface area contributed by atoms with Crippen LogP contribution >= 0.6 is 0 Å². The summed E-state index contributed by atoms with van der Waals surface area (Å²) < 4.78 is 10.5. The molecule has 0 spiro atoms. The second-order valence-electron chi connectivity index (χ2n) is 7.64. The minimum atomic E-state index is -0.906. The maximum Gasteiger partial charge on any atom is 0.266 e. The van der Waals surface area contributed by atoms with Crippen molar-refractivity contribution in [2.75, 3.05) is 24.2 Å².